The zero-order valence-corrected chi connectivity index (χ0v) is 14.5. The second kappa shape index (κ2) is 6.59. The highest BCUT2D eigenvalue weighted by Gasteiger charge is 2.19. The maximum Gasteiger partial charge on any atom is 0.0954 e. The molecule has 0 radical (unpaired) electrons. The van der Waals surface area contributed by atoms with E-state index in [4.69, 9.17) is 34.8 Å². The molecule has 2 heterocycles. The van der Waals surface area contributed by atoms with Gasteiger partial charge in [-0.3, -0.25) is 0 Å². The van der Waals surface area contributed by atoms with Crippen LogP contribution in [0.5, 0.6) is 0 Å². The van der Waals surface area contributed by atoms with Gasteiger partial charge in [-0.15, -0.1) is 22.7 Å². The lowest BCUT2D eigenvalue weighted by Crippen LogP contribution is -2.10. The minimum Gasteiger partial charge on any atom is -0.370 e. The van der Waals surface area contributed by atoms with Gasteiger partial charge in [0.05, 0.1) is 26.1 Å². The highest BCUT2D eigenvalue weighted by Crippen LogP contribution is 2.39. The molecule has 1 aromatic carbocycles. The number of halogens is 3. The van der Waals surface area contributed by atoms with Gasteiger partial charge in [0, 0.05) is 9.75 Å². The average Bonchev–Trinajstić information content (AvgIpc) is 3.10. The zero-order chi connectivity index (χ0) is 14.8. The van der Waals surface area contributed by atoms with Crippen molar-refractivity contribution < 1.29 is 0 Å². The van der Waals surface area contributed by atoms with Gasteiger partial charge in [0.1, 0.15) is 0 Å². The van der Waals surface area contributed by atoms with Gasteiger partial charge >= 0.3 is 0 Å². The molecule has 0 aliphatic rings. The molecular formula is C15H10Cl3NS2. The Kier molecular flexibility index (Phi) is 4.77. The third kappa shape index (κ3) is 3.38. The molecule has 1 atom stereocenters. The van der Waals surface area contributed by atoms with Crippen molar-refractivity contribution in [3.63, 3.8) is 0 Å². The first-order valence-corrected chi connectivity index (χ1v) is 8.97. The number of hydrogen-bond acceptors (Lipinski definition) is 3. The molecule has 0 bridgehead atoms. The first-order valence-electron chi connectivity index (χ1n) is 6.14. The van der Waals surface area contributed by atoms with E-state index in [-0.39, 0.29) is 6.04 Å². The molecular weight excluding hydrogens is 365 g/mol. The van der Waals surface area contributed by atoms with Gasteiger partial charge in [0.25, 0.3) is 0 Å². The maximum absolute atomic E-state index is 6.26. The van der Waals surface area contributed by atoms with Gasteiger partial charge in [-0.25, -0.2) is 0 Å². The molecule has 2 aromatic heterocycles. The van der Waals surface area contributed by atoms with Gasteiger partial charge in [-0.1, -0.05) is 46.9 Å². The fourth-order valence-electron chi connectivity index (χ4n) is 2.00. The van der Waals surface area contributed by atoms with Crippen LogP contribution in [0.1, 0.15) is 15.8 Å². The SMILES string of the molecule is Clc1ccc(C(Nc2c(Cl)cccc2Cl)c2cccs2)s1. The van der Waals surface area contributed by atoms with Crippen molar-refractivity contribution in [3.05, 3.63) is 72.0 Å². The number of anilines is 1. The minimum atomic E-state index is -0.0140. The number of benzene rings is 1. The molecule has 6 heteroatoms. The molecule has 21 heavy (non-hydrogen) atoms. The van der Waals surface area contributed by atoms with E-state index in [1.165, 1.54) is 4.88 Å². The summed E-state index contributed by atoms with van der Waals surface area (Å²) in [5, 5.41) is 6.70. The highest BCUT2D eigenvalue weighted by molar-refractivity contribution is 7.16. The van der Waals surface area contributed by atoms with Crippen molar-refractivity contribution in [2.24, 2.45) is 0 Å². The largest absolute Gasteiger partial charge is 0.370 e. The Morgan fingerprint density at radius 1 is 0.857 bits per heavy atom. The Hall–Kier alpha value is -0.710. The van der Waals surface area contributed by atoms with Crippen molar-refractivity contribution in [2.45, 2.75) is 6.04 Å². The monoisotopic (exact) mass is 373 g/mol. The number of thiophene rings is 2. The van der Waals surface area contributed by atoms with E-state index in [1.807, 2.05) is 41.8 Å². The topological polar surface area (TPSA) is 12.0 Å². The molecule has 3 aromatic rings. The van der Waals surface area contributed by atoms with Crippen LogP contribution in [0.4, 0.5) is 5.69 Å². The van der Waals surface area contributed by atoms with E-state index in [9.17, 15) is 0 Å². The molecule has 0 saturated carbocycles. The molecule has 0 spiro atoms. The van der Waals surface area contributed by atoms with Crippen LogP contribution in [-0.4, -0.2) is 0 Å². The Morgan fingerprint density at radius 3 is 2.19 bits per heavy atom. The molecule has 3 rings (SSSR count). The number of nitrogens with one attached hydrogen (secondary N) is 1. The standard InChI is InChI=1S/C15H10Cl3NS2/c16-9-3-1-4-10(17)14(9)19-15(11-5-2-8-20-11)12-6-7-13(18)21-12/h1-8,15,19H. The maximum atomic E-state index is 6.26. The molecule has 1 unspecified atom stereocenters. The van der Waals surface area contributed by atoms with E-state index < -0.39 is 0 Å². The van der Waals surface area contributed by atoms with Crippen LogP contribution in [0, 0.1) is 0 Å². The second-order valence-electron chi connectivity index (χ2n) is 4.33. The molecule has 108 valence electrons. The quantitative estimate of drug-likeness (QED) is 0.520. The summed E-state index contributed by atoms with van der Waals surface area (Å²) < 4.78 is 0.763. The Labute approximate surface area is 146 Å². The summed E-state index contributed by atoms with van der Waals surface area (Å²) in [6.45, 7) is 0. The Balaban J connectivity index is 2.01. The summed E-state index contributed by atoms with van der Waals surface area (Å²) in [5.41, 5.74) is 0.740. The lowest BCUT2D eigenvalue weighted by Gasteiger charge is -2.19. The van der Waals surface area contributed by atoms with E-state index in [2.05, 4.69) is 11.4 Å². The minimum absolute atomic E-state index is 0.0140. The van der Waals surface area contributed by atoms with Crippen LogP contribution in [0.15, 0.2) is 47.8 Å². The summed E-state index contributed by atoms with van der Waals surface area (Å²) in [6, 6.07) is 13.5. The summed E-state index contributed by atoms with van der Waals surface area (Å²) in [6.07, 6.45) is 0. The van der Waals surface area contributed by atoms with Gasteiger partial charge in [0.15, 0.2) is 0 Å². The predicted octanol–water partition coefficient (Wildman–Crippen LogP) is 6.97. The van der Waals surface area contributed by atoms with Crippen LogP contribution < -0.4 is 5.32 Å². The first kappa shape index (κ1) is 15.2. The lowest BCUT2D eigenvalue weighted by molar-refractivity contribution is 0.993. The zero-order valence-electron chi connectivity index (χ0n) is 10.6. The van der Waals surface area contributed by atoms with E-state index in [1.54, 1.807) is 22.7 Å². The summed E-state index contributed by atoms with van der Waals surface area (Å²) in [4.78, 5) is 2.31. The summed E-state index contributed by atoms with van der Waals surface area (Å²) in [5.74, 6) is 0. The van der Waals surface area contributed by atoms with Crippen LogP contribution in [-0.2, 0) is 0 Å². The van der Waals surface area contributed by atoms with Crippen molar-refractivity contribution in [1.82, 2.24) is 0 Å². The smallest absolute Gasteiger partial charge is 0.0954 e. The number of rotatable bonds is 4. The van der Waals surface area contributed by atoms with Gasteiger partial charge in [0.2, 0.25) is 0 Å². The third-order valence-corrected chi connectivity index (χ3v) is 5.82. The first-order chi connectivity index (χ1) is 10.1. The summed E-state index contributed by atoms with van der Waals surface area (Å²) in [7, 11) is 0. The van der Waals surface area contributed by atoms with Crippen molar-refractivity contribution >= 4 is 63.2 Å². The molecule has 0 amide bonds. The average molecular weight is 375 g/mol. The van der Waals surface area contributed by atoms with Crippen molar-refractivity contribution in [1.29, 1.82) is 0 Å². The summed E-state index contributed by atoms with van der Waals surface area (Å²) >= 11 is 21.8. The number of hydrogen-bond donors (Lipinski definition) is 1. The van der Waals surface area contributed by atoms with Gasteiger partial charge in [-0.05, 0) is 35.7 Å². The molecule has 1 nitrogen and oxygen atoms in total. The fraction of sp³-hybridized carbons (Fsp3) is 0.0667. The van der Waals surface area contributed by atoms with Crippen molar-refractivity contribution in [3.8, 4) is 0 Å². The van der Waals surface area contributed by atoms with E-state index in [0.29, 0.717) is 10.0 Å². The molecule has 0 aliphatic carbocycles. The second-order valence-corrected chi connectivity index (χ2v) is 7.87. The highest BCUT2D eigenvalue weighted by atomic mass is 35.5. The number of para-hydroxylation sites is 1. The Morgan fingerprint density at radius 2 is 1.62 bits per heavy atom. The lowest BCUT2D eigenvalue weighted by atomic mass is 10.2. The van der Waals surface area contributed by atoms with Crippen LogP contribution in [0.2, 0.25) is 14.4 Å². The fourth-order valence-corrected chi connectivity index (χ4v) is 4.51. The molecule has 0 saturated heterocycles. The van der Waals surface area contributed by atoms with E-state index >= 15 is 0 Å². The van der Waals surface area contributed by atoms with Crippen molar-refractivity contribution in [2.75, 3.05) is 5.32 Å². The van der Waals surface area contributed by atoms with Crippen LogP contribution >= 0.6 is 57.5 Å². The van der Waals surface area contributed by atoms with Gasteiger partial charge < -0.3 is 5.32 Å². The third-order valence-electron chi connectivity index (χ3n) is 2.96. The van der Waals surface area contributed by atoms with Crippen LogP contribution in [0.3, 0.4) is 0 Å². The predicted molar refractivity (Wildman–Crippen MR) is 95.6 cm³/mol. The normalized spacial score (nSPS) is 12.3. The molecule has 0 aliphatic heterocycles. The van der Waals surface area contributed by atoms with Gasteiger partial charge in [-0.2, -0.15) is 0 Å². The molecule has 0 fully saturated rings. The van der Waals surface area contributed by atoms with E-state index in [0.717, 1.165) is 14.9 Å². The van der Waals surface area contributed by atoms with Crippen LogP contribution in [0.25, 0.3) is 0 Å². The molecule has 1 N–H and O–H groups in total. The Bertz CT molecular complexity index is 717.